The van der Waals surface area contributed by atoms with E-state index in [4.69, 9.17) is 17.3 Å². The zero-order valence-electron chi connectivity index (χ0n) is 18.2. The standard InChI is InChI=1S/C23H16F3N3O5S2/c24-23(25,26)12-4-3-5-13(10-12)27-16(30)11-29-15-7-2-1-6-14(15)18(20(29)33)19-21(34)28(22(35)36-19)9-8-17(31)32/h1-7,10H,8-9,11H2,(H,27,30)(H,31,32)/b19-18-. The third-order valence-corrected chi connectivity index (χ3v) is 6.77. The molecule has 8 nitrogen and oxygen atoms in total. The number of halogens is 3. The molecule has 0 atom stereocenters. The van der Waals surface area contributed by atoms with Gasteiger partial charge in [-0.1, -0.05) is 48.2 Å². The normalized spacial score (nSPS) is 17.6. The number of carboxylic acid groups (broad SMARTS) is 1. The first-order chi connectivity index (χ1) is 17.0. The molecule has 36 heavy (non-hydrogen) atoms. The number of carbonyl (C=O) groups excluding carboxylic acids is 3. The van der Waals surface area contributed by atoms with Crippen molar-refractivity contribution in [3.05, 3.63) is 64.6 Å². The van der Waals surface area contributed by atoms with E-state index in [1.807, 2.05) is 0 Å². The Hall–Kier alpha value is -3.71. The van der Waals surface area contributed by atoms with Gasteiger partial charge in [-0.05, 0) is 24.3 Å². The fourth-order valence-corrected chi connectivity index (χ4v) is 5.10. The number of amides is 3. The fourth-order valence-electron chi connectivity index (χ4n) is 3.72. The van der Waals surface area contributed by atoms with Gasteiger partial charge < -0.3 is 10.4 Å². The van der Waals surface area contributed by atoms with E-state index in [9.17, 15) is 32.3 Å². The average molecular weight is 536 g/mol. The van der Waals surface area contributed by atoms with Crippen LogP contribution in [0.2, 0.25) is 0 Å². The first kappa shape index (κ1) is 25.4. The molecule has 0 aliphatic carbocycles. The van der Waals surface area contributed by atoms with E-state index >= 15 is 0 Å². The van der Waals surface area contributed by atoms with Crippen LogP contribution in [0.4, 0.5) is 24.5 Å². The molecule has 0 bridgehead atoms. The molecule has 2 heterocycles. The molecule has 2 N–H and O–H groups in total. The van der Waals surface area contributed by atoms with E-state index in [1.54, 1.807) is 24.3 Å². The number of fused-ring (bicyclic) bond motifs is 1. The first-order valence-electron chi connectivity index (χ1n) is 10.4. The molecule has 2 aliphatic heterocycles. The number of para-hydroxylation sites is 1. The monoisotopic (exact) mass is 535 g/mol. The Morgan fingerprint density at radius 1 is 1.03 bits per heavy atom. The van der Waals surface area contributed by atoms with Gasteiger partial charge in [-0.25, -0.2) is 0 Å². The lowest BCUT2D eigenvalue weighted by Crippen LogP contribution is -2.35. The van der Waals surface area contributed by atoms with E-state index in [2.05, 4.69) is 5.32 Å². The lowest BCUT2D eigenvalue weighted by Gasteiger charge is -2.17. The van der Waals surface area contributed by atoms with Crippen LogP contribution in [-0.2, 0) is 25.4 Å². The number of alkyl halides is 3. The average Bonchev–Trinajstić information content (AvgIpc) is 3.24. The Labute approximate surface area is 211 Å². The number of nitrogens with zero attached hydrogens (tertiary/aromatic N) is 2. The number of benzene rings is 2. The van der Waals surface area contributed by atoms with Crippen molar-refractivity contribution >= 4 is 68.9 Å². The summed E-state index contributed by atoms with van der Waals surface area (Å²) in [7, 11) is 0. The van der Waals surface area contributed by atoms with Gasteiger partial charge in [0.2, 0.25) is 5.91 Å². The summed E-state index contributed by atoms with van der Waals surface area (Å²) in [5, 5.41) is 11.3. The smallest absolute Gasteiger partial charge is 0.416 e. The molecular formula is C23H16F3N3O5S2. The number of thioether (sulfide) groups is 1. The van der Waals surface area contributed by atoms with Crippen LogP contribution < -0.4 is 10.2 Å². The summed E-state index contributed by atoms with van der Waals surface area (Å²) in [6.45, 7) is -0.676. The van der Waals surface area contributed by atoms with Crippen LogP contribution >= 0.6 is 24.0 Å². The first-order valence-corrected chi connectivity index (χ1v) is 11.6. The van der Waals surface area contributed by atoms with Crippen molar-refractivity contribution in [1.82, 2.24) is 4.90 Å². The molecule has 2 aromatic carbocycles. The summed E-state index contributed by atoms with van der Waals surface area (Å²) in [5.41, 5.74) is -0.280. The third-order valence-electron chi connectivity index (χ3n) is 5.32. The highest BCUT2D eigenvalue weighted by atomic mass is 32.2. The Kier molecular flexibility index (Phi) is 6.87. The quantitative estimate of drug-likeness (QED) is 0.429. The Bertz CT molecular complexity index is 1340. The minimum atomic E-state index is -4.59. The summed E-state index contributed by atoms with van der Waals surface area (Å²) >= 11 is 6.07. The van der Waals surface area contributed by atoms with Crippen molar-refractivity contribution in [3.8, 4) is 0 Å². The number of anilines is 2. The van der Waals surface area contributed by atoms with Gasteiger partial charge in [-0.3, -0.25) is 29.0 Å². The van der Waals surface area contributed by atoms with Crippen LogP contribution in [0.3, 0.4) is 0 Å². The maximum Gasteiger partial charge on any atom is 0.416 e. The number of aliphatic carboxylic acids is 1. The zero-order valence-corrected chi connectivity index (χ0v) is 19.8. The van der Waals surface area contributed by atoms with Gasteiger partial charge >= 0.3 is 12.1 Å². The highest BCUT2D eigenvalue weighted by molar-refractivity contribution is 8.26. The van der Waals surface area contributed by atoms with Gasteiger partial charge in [0, 0.05) is 17.8 Å². The Morgan fingerprint density at radius 3 is 2.44 bits per heavy atom. The second-order valence-corrected chi connectivity index (χ2v) is 9.35. The minimum Gasteiger partial charge on any atom is -0.481 e. The second kappa shape index (κ2) is 9.74. The third kappa shape index (κ3) is 4.97. The molecule has 2 aliphatic rings. The SMILES string of the molecule is O=C(O)CCN1C(=O)/C(=C2/C(=O)N(CC(=O)Nc3cccc(C(F)(F)F)c3)c3ccccc32)SC1=S. The van der Waals surface area contributed by atoms with Crippen molar-refractivity contribution in [2.75, 3.05) is 23.3 Å². The number of hydrogen-bond acceptors (Lipinski definition) is 6. The van der Waals surface area contributed by atoms with E-state index in [0.717, 1.165) is 39.8 Å². The number of hydrogen-bond donors (Lipinski definition) is 2. The molecule has 3 amide bonds. The maximum atomic E-state index is 13.4. The second-order valence-electron chi connectivity index (χ2n) is 7.71. The van der Waals surface area contributed by atoms with Gasteiger partial charge in [0.25, 0.3) is 11.8 Å². The van der Waals surface area contributed by atoms with Crippen molar-refractivity contribution < 1.29 is 37.5 Å². The van der Waals surface area contributed by atoms with Crippen molar-refractivity contribution in [2.45, 2.75) is 12.6 Å². The zero-order chi connectivity index (χ0) is 26.2. The lowest BCUT2D eigenvalue weighted by molar-refractivity contribution is -0.138. The molecule has 186 valence electrons. The number of nitrogens with one attached hydrogen (secondary N) is 1. The molecule has 0 saturated carbocycles. The van der Waals surface area contributed by atoms with Crippen LogP contribution in [-0.4, -0.2) is 51.1 Å². The van der Waals surface area contributed by atoms with Gasteiger partial charge in [-0.2, -0.15) is 13.2 Å². The van der Waals surface area contributed by atoms with Gasteiger partial charge in [0.15, 0.2) is 0 Å². The number of thiocarbonyl (C=S) groups is 1. The topological polar surface area (TPSA) is 107 Å². The largest absolute Gasteiger partial charge is 0.481 e. The fraction of sp³-hybridized carbons (Fsp3) is 0.174. The number of rotatable bonds is 6. The molecule has 1 fully saturated rings. The maximum absolute atomic E-state index is 13.4. The van der Waals surface area contributed by atoms with Gasteiger partial charge in [0.1, 0.15) is 10.9 Å². The summed E-state index contributed by atoms with van der Waals surface area (Å²) < 4.78 is 39.0. The molecule has 4 rings (SSSR count). The number of carbonyl (C=O) groups is 4. The molecule has 0 unspecified atom stereocenters. The predicted octanol–water partition coefficient (Wildman–Crippen LogP) is 3.74. The molecule has 1 saturated heterocycles. The van der Waals surface area contributed by atoms with E-state index in [0.29, 0.717) is 11.3 Å². The molecule has 2 aromatic rings. The van der Waals surface area contributed by atoms with Crippen LogP contribution in [0.1, 0.15) is 17.5 Å². The number of carboxylic acids is 1. The minimum absolute atomic E-state index is 0.0172. The van der Waals surface area contributed by atoms with Gasteiger partial charge in [0.05, 0.1) is 28.1 Å². The van der Waals surface area contributed by atoms with Crippen molar-refractivity contribution in [3.63, 3.8) is 0 Å². The molecule has 0 aromatic heterocycles. The van der Waals surface area contributed by atoms with Crippen LogP contribution in [0.25, 0.3) is 5.57 Å². The molecule has 0 spiro atoms. The van der Waals surface area contributed by atoms with E-state index in [-0.39, 0.29) is 33.5 Å². The Morgan fingerprint density at radius 2 is 1.75 bits per heavy atom. The lowest BCUT2D eigenvalue weighted by atomic mass is 10.1. The van der Waals surface area contributed by atoms with Crippen LogP contribution in [0.15, 0.2) is 53.4 Å². The van der Waals surface area contributed by atoms with Crippen LogP contribution in [0, 0.1) is 0 Å². The molecule has 0 radical (unpaired) electrons. The van der Waals surface area contributed by atoms with E-state index < -0.39 is 42.0 Å². The van der Waals surface area contributed by atoms with Crippen molar-refractivity contribution in [2.24, 2.45) is 0 Å². The predicted molar refractivity (Wildman–Crippen MR) is 130 cm³/mol. The highest BCUT2D eigenvalue weighted by Gasteiger charge is 2.42. The highest BCUT2D eigenvalue weighted by Crippen LogP contribution is 2.44. The summed E-state index contributed by atoms with van der Waals surface area (Å²) in [5.74, 6) is -3.13. The van der Waals surface area contributed by atoms with E-state index in [1.165, 1.54) is 6.07 Å². The van der Waals surface area contributed by atoms with Gasteiger partial charge in [-0.15, -0.1) is 0 Å². The molecular weight excluding hydrogens is 519 g/mol. The Balaban J connectivity index is 1.60. The summed E-state index contributed by atoms with van der Waals surface area (Å²) in [6, 6.07) is 10.5. The summed E-state index contributed by atoms with van der Waals surface area (Å²) in [4.78, 5) is 52.2. The van der Waals surface area contributed by atoms with Crippen molar-refractivity contribution in [1.29, 1.82) is 0 Å². The van der Waals surface area contributed by atoms with Crippen LogP contribution in [0.5, 0.6) is 0 Å². The molecule has 13 heteroatoms. The summed E-state index contributed by atoms with van der Waals surface area (Å²) in [6.07, 6.45) is -4.92.